The van der Waals surface area contributed by atoms with Crippen molar-refractivity contribution >= 4 is 27.5 Å². The summed E-state index contributed by atoms with van der Waals surface area (Å²) in [5.41, 5.74) is 1.31. The Balaban J connectivity index is 1.87. The number of likely N-dealkylation sites (N-methyl/N-ethyl adjacent to an activating group) is 1. The first-order valence-electron chi connectivity index (χ1n) is 11.3. The summed E-state index contributed by atoms with van der Waals surface area (Å²) >= 11 is 0. The maximum atomic E-state index is 13.5. The molecule has 1 atom stereocenters. The van der Waals surface area contributed by atoms with Gasteiger partial charge in [-0.25, -0.2) is 8.42 Å². The van der Waals surface area contributed by atoms with Gasteiger partial charge in [-0.1, -0.05) is 30.3 Å². The van der Waals surface area contributed by atoms with E-state index in [0.717, 1.165) is 9.87 Å². The lowest BCUT2D eigenvalue weighted by atomic mass is 10.1. The van der Waals surface area contributed by atoms with Gasteiger partial charge in [0.15, 0.2) is 11.5 Å². The lowest BCUT2D eigenvalue weighted by Crippen LogP contribution is -2.52. The van der Waals surface area contributed by atoms with E-state index in [1.807, 2.05) is 30.3 Å². The summed E-state index contributed by atoms with van der Waals surface area (Å²) in [6.45, 7) is 5.27. The molecule has 0 saturated carbocycles. The van der Waals surface area contributed by atoms with E-state index in [1.54, 1.807) is 32.0 Å². The molecule has 0 saturated heterocycles. The number of anilines is 1. The molecule has 184 valence electrons. The molecule has 0 bridgehead atoms. The largest absolute Gasteiger partial charge is 0.454 e. The van der Waals surface area contributed by atoms with Gasteiger partial charge in [-0.05, 0) is 44.9 Å². The van der Waals surface area contributed by atoms with Gasteiger partial charge in [0.05, 0.1) is 11.4 Å². The molecule has 2 aromatic rings. The van der Waals surface area contributed by atoms with Crippen LogP contribution in [0.15, 0.2) is 48.5 Å². The molecule has 1 aliphatic rings. The molecule has 0 spiro atoms. The van der Waals surface area contributed by atoms with Crippen LogP contribution in [0.4, 0.5) is 5.69 Å². The van der Waals surface area contributed by atoms with Crippen molar-refractivity contribution in [2.45, 2.75) is 33.2 Å². The van der Waals surface area contributed by atoms with Crippen LogP contribution in [-0.4, -0.2) is 63.4 Å². The first-order chi connectivity index (χ1) is 16.3. The minimum atomic E-state index is -3.79. The number of rotatable bonds is 11. The molecule has 1 aliphatic heterocycles. The number of carbonyl (C=O) groups excluding carboxylic acids is 2. The number of hydrogen-bond donors (Lipinski definition) is 1. The molecule has 34 heavy (non-hydrogen) atoms. The van der Waals surface area contributed by atoms with Crippen molar-refractivity contribution in [3.8, 4) is 11.5 Å². The van der Waals surface area contributed by atoms with Crippen LogP contribution in [-0.2, 0) is 26.0 Å². The summed E-state index contributed by atoms with van der Waals surface area (Å²) in [4.78, 5) is 27.5. The highest BCUT2D eigenvalue weighted by atomic mass is 32.2. The fraction of sp³-hybridized carbons (Fsp3) is 0.417. The molecule has 3 rings (SSSR count). The van der Waals surface area contributed by atoms with Gasteiger partial charge in [-0.15, -0.1) is 0 Å². The summed E-state index contributed by atoms with van der Waals surface area (Å²) in [5.74, 6) is -0.0256. The van der Waals surface area contributed by atoms with E-state index < -0.39 is 28.5 Å². The van der Waals surface area contributed by atoms with Crippen molar-refractivity contribution in [1.82, 2.24) is 10.2 Å². The predicted molar refractivity (Wildman–Crippen MR) is 129 cm³/mol. The van der Waals surface area contributed by atoms with Gasteiger partial charge in [0.25, 0.3) is 0 Å². The summed E-state index contributed by atoms with van der Waals surface area (Å²) in [7, 11) is -3.79. The summed E-state index contributed by atoms with van der Waals surface area (Å²) in [6, 6.07) is 13.6. The van der Waals surface area contributed by atoms with E-state index in [-0.39, 0.29) is 25.0 Å². The zero-order valence-electron chi connectivity index (χ0n) is 19.7. The van der Waals surface area contributed by atoms with E-state index in [4.69, 9.17) is 9.47 Å². The van der Waals surface area contributed by atoms with Crippen molar-refractivity contribution in [2.75, 3.05) is 36.5 Å². The molecule has 10 heteroatoms. The predicted octanol–water partition coefficient (Wildman–Crippen LogP) is 2.17. The first kappa shape index (κ1) is 25.4. The van der Waals surface area contributed by atoms with Crippen LogP contribution in [0.5, 0.6) is 11.5 Å². The molecule has 0 unspecified atom stereocenters. The van der Waals surface area contributed by atoms with Crippen molar-refractivity contribution in [2.24, 2.45) is 0 Å². The standard InChI is InChI=1S/C24H31N3O6S/c1-4-25-24(29)18(3)26(14-13-19-9-7-6-8-10-19)23(28)16-27(34(30,31)5-2)20-11-12-21-22(15-20)33-17-32-21/h6-12,15,18H,4-5,13-14,16-17H2,1-3H3,(H,25,29)/t18-/m0/s1. The number of fused-ring (bicyclic) bond motifs is 1. The second-order valence-corrected chi connectivity index (χ2v) is 10.0. The van der Waals surface area contributed by atoms with E-state index >= 15 is 0 Å². The first-order valence-corrected chi connectivity index (χ1v) is 12.9. The number of amides is 2. The average Bonchev–Trinajstić information content (AvgIpc) is 3.31. The van der Waals surface area contributed by atoms with E-state index in [2.05, 4.69) is 5.32 Å². The summed E-state index contributed by atoms with van der Waals surface area (Å²) in [6.07, 6.45) is 0.529. The Morgan fingerprint density at radius 1 is 1.06 bits per heavy atom. The molecule has 1 heterocycles. The highest BCUT2D eigenvalue weighted by Crippen LogP contribution is 2.36. The van der Waals surface area contributed by atoms with Gasteiger partial charge >= 0.3 is 0 Å². The molecule has 9 nitrogen and oxygen atoms in total. The summed E-state index contributed by atoms with van der Waals surface area (Å²) < 4.78 is 37.7. The Bertz CT molecular complexity index is 1110. The van der Waals surface area contributed by atoms with Gasteiger partial charge in [-0.3, -0.25) is 13.9 Å². The monoisotopic (exact) mass is 489 g/mol. The zero-order valence-corrected chi connectivity index (χ0v) is 20.5. The quantitative estimate of drug-likeness (QED) is 0.519. The third-order valence-corrected chi connectivity index (χ3v) is 7.37. The van der Waals surface area contributed by atoms with Crippen LogP contribution >= 0.6 is 0 Å². The third kappa shape index (κ3) is 5.99. The second-order valence-electron chi connectivity index (χ2n) is 7.84. The van der Waals surface area contributed by atoms with Crippen LogP contribution < -0.4 is 19.1 Å². The smallest absolute Gasteiger partial charge is 0.244 e. The van der Waals surface area contributed by atoms with Crippen LogP contribution in [0.3, 0.4) is 0 Å². The molecule has 2 aromatic carbocycles. The zero-order chi connectivity index (χ0) is 24.7. The van der Waals surface area contributed by atoms with Crippen LogP contribution in [0.1, 0.15) is 26.3 Å². The number of carbonyl (C=O) groups is 2. The third-order valence-electron chi connectivity index (χ3n) is 5.63. The Morgan fingerprint density at radius 2 is 1.76 bits per heavy atom. The van der Waals surface area contributed by atoms with Crippen molar-refractivity contribution in [3.05, 3.63) is 54.1 Å². The highest BCUT2D eigenvalue weighted by Gasteiger charge is 2.31. The Kier molecular flexibility index (Phi) is 8.38. The van der Waals surface area contributed by atoms with E-state index in [1.165, 1.54) is 11.8 Å². The van der Waals surface area contributed by atoms with Crippen LogP contribution in [0, 0.1) is 0 Å². The molecule has 0 fully saturated rings. The van der Waals surface area contributed by atoms with Crippen molar-refractivity contribution in [3.63, 3.8) is 0 Å². The van der Waals surface area contributed by atoms with E-state index in [9.17, 15) is 18.0 Å². The minimum absolute atomic E-state index is 0.0512. The number of nitrogens with one attached hydrogen (secondary N) is 1. The lowest BCUT2D eigenvalue weighted by molar-refractivity contribution is -0.138. The number of benzene rings is 2. The minimum Gasteiger partial charge on any atom is -0.454 e. The molecule has 2 amide bonds. The molecule has 0 aliphatic carbocycles. The van der Waals surface area contributed by atoms with Gasteiger partial charge in [-0.2, -0.15) is 0 Å². The highest BCUT2D eigenvalue weighted by molar-refractivity contribution is 7.92. The fourth-order valence-electron chi connectivity index (χ4n) is 3.65. The number of ether oxygens (including phenoxy) is 2. The fourth-order valence-corrected chi connectivity index (χ4v) is 4.71. The summed E-state index contributed by atoms with van der Waals surface area (Å²) in [5, 5.41) is 2.74. The van der Waals surface area contributed by atoms with E-state index in [0.29, 0.717) is 30.2 Å². The number of nitrogens with zero attached hydrogens (tertiary/aromatic N) is 2. The molecule has 0 aromatic heterocycles. The normalized spacial score (nSPS) is 13.3. The van der Waals surface area contributed by atoms with Crippen LogP contribution in [0.25, 0.3) is 0 Å². The molecular weight excluding hydrogens is 458 g/mol. The van der Waals surface area contributed by atoms with Crippen molar-refractivity contribution < 1.29 is 27.5 Å². The second kappa shape index (κ2) is 11.2. The Labute approximate surface area is 200 Å². The maximum Gasteiger partial charge on any atom is 0.244 e. The topological polar surface area (TPSA) is 105 Å². The Morgan fingerprint density at radius 3 is 2.44 bits per heavy atom. The molecule has 1 N–H and O–H groups in total. The number of hydrogen-bond acceptors (Lipinski definition) is 6. The van der Waals surface area contributed by atoms with Gasteiger partial charge < -0.3 is 19.7 Å². The van der Waals surface area contributed by atoms with Crippen LogP contribution in [0.2, 0.25) is 0 Å². The molecule has 0 radical (unpaired) electrons. The Hall–Kier alpha value is -3.27. The van der Waals surface area contributed by atoms with Gasteiger partial charge in [0, 0.05) is 19.2 Å². The van der Waals surface area contributed by atoms with Gasteiger partial charge in [0.2, 0.25) is 28.6 Å². The maximum absolute atomic E-state index is 13.5. The average molecular weight is 490 g/mol. The van der Waals surface area contributed by atoms with Crippen molar-refractivity contribution in [1.29, 1.82) is 0 Å². The number of sulfonamides is 1. The van der Waals surface area contributed by atoms with Gasteiger partial charge in [0.1, 0.15) is 12.6 Å². The molecular formula is C24H31N3O6S. The lowest BCUT2D eigenvalue weighted by Gasteiger charge is -2.31. The SMILES string of the molecule is CCNC(=O)[C@H](C)N(CCc1ccccc1)C(=O)CN(c1ccc2c(c1)OCO2)S(=O)(=O)CC.